The maximum Gasteiger partial charge on any atom is 0.255 e. The zero-order valence-electron chi connectivity index (χ0n) is 10.5. The van der Waals surface area contributed by atoms with Crippen LogP contribution in [-0.2, 0) is 0 Å². The molecule has 2 aliphatic rings. The number of hydrogen-bond donors (Lipinski definition) is 1. The average molecular weight is 327 g/mol. The standard InChI is InChI=1S/C14H16BrFN2O/c15-13-11(2-1-3-12(13)16)14(19)18-9-4-5-10(18)7-8(17)6-9/h1-3,8-10H,4-7,17H2. The molecule has 2 saturated heterocycles. The highest BCUT2D eigenvalue weighted by atomic mass is 79.9. The minimum Gasteiger partial charge on any atom is -0.333 e. The SMILES string of the molecule is NC1CC2CCC(C1)N2C(=O)c1cccc(F)c1Br. The van der Waals surface area contributed by atoms with Crippen molar-refractivity contribution < 1.29 is 9.18 Å². The van der Waals surface area contributed by atoms with Crippen LogP contribution in [0.15, 0.2) is 22.7 Å². The molecule has 2 heterocycles. The molecular formula is C14H16BrFN2O. The summed E-state index contributed by atoms with van der Waals surface area (Å²) in [6, 6.07) is 5.22. The van der Waals surface area contributed by atoms with Gasteiger partial charge in [0.25, 0.3) is 5.91 Å². The van der Waals surface area contributed by atoms with Gasteiger partial charge in [0.15, 0.2) is 0 Å². The molecule has 3 nitrogen and oxygen atoms in total. The van der Waals surface area contributed by atoms with Crippen LogP contribution in [0, 0.1) is 5.82 Å². The van der Waals surface area contributed by atoms with E-state index in [1.165, 1.54) is 6.07 Å². The normalized spacial score (nSPS) is 29.6. The first kappa shape index (κ1) is 13.1. The van der Waals surface area contributed by atoms with Crippen molar-refractivity contribution in [1.29, 1.82) is 0 Å². The molecule has 2 atom stereocenters. The van der Waals surface area contributed by atoms with Crippen molar-refractivity contribution in [3.05, 3.63) is 34.1 Å². The summed E-state index contributed by atoms with van der Waals surface area (Å²) >= 11 is 3.17. The fourth-order valence-electron chi connectivity index (χ4n) is 3.36. The second-order valence-electron chi connectivity index (χ2n) is 5.43. The van der Waals surface area contributed by atoms with Gasteiger partial charge in [-0.25, -0.2) is 4.39 Å². The van der Waals surface area contributed by atoms with Crippen LogP contribution >= 0.6 is 15.9 Å². The van der Waals surface area contributed by atoms with Crippen molar-refractivity contribution in [2.75, 3.05) is 0 Å². The van der Waals surface area contributed by atoms with Gasteiger partial charge in [0.1, 0.15) is 5.82 Å². The van der Waals surface area contributed by atoms with Gasteiger partial charge in [0, 0.05) is 18.1 Å². The highest BCUT2D eigenvalue weighted by Crippen LogP contribution is 2.37. The molecule has 2 unspecified atom stereocenters. The Morgan fingerprint density at radius 1 is 1.32 bits per heavy atom. The topological polar surface area (TPSA) is 46.3 Å². The molecular weight excluding hydrogens is 311 g/mol. The summed E-state index contributed by atoms with van der Waals surface area (Å²) in [6.45, 7) is 0. The van der Waals surface area contributed by atoms with Gasteiger partial charge in [-0.2, -0.15) is 0 Å². The molecule has 2 fully saturated rings. The molecule has 102 valence electrons. The summed E-state index contributed by atoms with van der Waals surface area (Å²) < 4.78 is 13.8. The zero-order valence-corrected chi connectivity index (χ0v) is 12.1. The minimum absolute atomic E-state index is 0.0780. The third kappa shape index (κ3) is 2.19. The fraction of sp³-hybridized carbons (Fsp3) is 0.500. The van der Waals surface area contributed by atoms with E-state index < -0.39 is 5.82 Å². The van der Waals surface area contributed by atoms with Gasteiger partial charge in [-0.15, -0.1) is 0 Å². The monoisotopic (exact) mass is 326 g/mol. The van der Waals surface area contributed by atoms with Crippen molar-refractivity contribution >= 4 is 21.8 Å². The number of nitrogens with two attached hydrogens (primary N) is 1. The van der Waals surface area contributed by atoms with E-state index in [0.717, 1.165) is 25.7 Å². The predicted octanol–water partition coefficient (Wildman–Crippen LogP) is 2.68. The number of carbonyl (C=O) groups excluding carboxylic acids is 1. The Hall–Kier alpha value is -0.940. The van der Waals surface area contributed by atoms with Gasteiger partial charge in [0.2, 0.25) is 0 Å². The zero-order chi connectivity index (χ0) is 13.6. The van der Waals surface area contributed by atoms with E-state index in [1.54, 1.807) is 12.1 Å². The molecule has 5 heteroatoms. The molecule has 1 aromatic carbocycles. The smallest absolute Gasteiger partial charge is 0.255 e. The lowest BCUT2D eigenvalue weighted by atomic mass is 9.97. The summed E-state index contributed by atoms with van der Waals surface area (Å²) in [5.74, 6) is -0.474. The number of nitrogens with zero attached hydrogens (tertiary/aromatic N) is 1. The van der Waals surface area contributed by atoms with Crippen molar-refractivity contribution in [2.24, 2.45) is 5.73 Å². The quantitative estimate of drug-likeness (QED) is 0.862. The van der Waals surface area contributed by atoms with Crippen molar-refractivity contribution in [3.63, 3.8) is 0 Å². The maximum absolute atomic E-state index is 13.5. The van der Waals surface area contributed by atoms with Gasteiger partial charge in [-0.3, -0.25) is 4.79 Å². The summed E-state index contributed by atoms with van der Waals surface area (Å²) in [5, 5.41) is 0. The molecule has 0 radical (unpaired) electrons. The average Bonchev–Trinajstić information content (AvgIpc) is 2.64. The Kier molecular flexibility index (Phi) is 3.35. The number of halogens is 2. The number of amides is 1. The van der Waals surface area contributed by atoms with Crippen LogP contribution in [0.2, 0.25) is 0 Å². The number of hydrogen-bond acceptors (Lipinski definition) is 2. The minimum atomic E-state index is -0.396. The number of benzene rings is 1. The highest BCUT2D eigenvalue weighted by molar-refractivity contribution is 9.10. The van der Waals surface area contributed by atoms with Crippen LogP contribution in [0.1, 0.15) is 36.0 Å². The van der Waals surface area contributed by atoms with E-state index in [9.17, 15) is 9.18 Å². The molecule has 0 aromatic heterocycles. The van der Waals surface area contributed by atoms with Crippen molar-refractivity contribution in [2.45, 2.75) is 43.8 Å². The van der Waals surface area contributed by atoms with Crippen LogP contribution in [0.3, 0.4) is 0 Å². The third-order valence-electron chi connectivity index (χ3n) is 4.19. The lowest BCUT2D eigenvalue weighted by Gasteiger charge is -2.38. The number of rotatable bonds is 1. The first-order chi connectivity index (χ1) is 9.08. The lowest BCUT2D eigenvalue weighted by Crippen LogP contribution is -2.50. The predicted molar refractivity (Wildman–Crippen MR) is 74.3 cm³/mol. The highest BCUT2D eigenvalue weighted by Gasteiger charge is 2.42. The van der Waals surface area contributed by atoms with Gasteiger partial charge in [-0.1, -0.05) is 6.07 Å². The molecule has 2 aliphatic heterocycles. The first-order valence-electron chi connectivity index (χ1n) is 6.60. The maximum atomic E-state index is 13.5. The summed E-state index contributed by atoms with van der Waals surface area (Å²) in [6.07, 6.45) is 3.73. The van der Waals surface area contributed by atoms with E-state index >= 15 is 0 Å². The number of carbonyl (C=O) groups is 1. The molecule has 3 rings (SSSR count). The Morgan fingerprint density at radius 2 is 1.95 bits per heavy atom. The third-order valence-corrected chi connectivity index (χ3v) is 4.99. The first-order valence-corrected chi connectivity index (χ1v) is 7.39. The van der Waals surface area contributed by atoms with Crippen LogP contribution < -0.4 is 5.73 Å². The molecule has 0 saturated carbocycles. The van der Waals surface area contributed by atoms with E-state index in [1.807, 2.05) is 4.90 Å². The van der Waals surface area contributed by atoms with Crippen molar-refractivity contribution in [1.82, 2.24) is 4.90 Å². The molecule has 2 N–H and O–H groups in total. The van der Waals surface area contributed by atoms with E-state index in [0.29, 0.717) is 5.56 Å². The van der Waals surface area contributed by atoms with Crippen LogP contribution in [0.5, 0.6) is 0 Å². The molecule has 1 aromatic rings. The number of fused-ring (bicyclic) bond motifs is 2. The van der Waals surface area contributed by atoms with Crippen LogP contribution in [0.25, 0.3) is 0 Å². The Labute approximate surface area is 120 Å². The van der Waals surface area contributed by atoms with Gasteiger partial charge >= 0.3 is 0 Å². The summed E-state index contributed by atoms with van der Waals surface area (Å²) in [4.78, 5) is 14.5. The lowest BCUT2D eigenvalue weighted by molar-refractivity contribution is 0.0573. The van der Waals surface area contributed by atoms with Crippen LogP contribution in [0.4, 0.5) is 4.39 Å². The summed E-state index contributed by atoms with van der Waals surface area (Å²) in [7, 11) is 0. The van der Waals surface area contributed by atoms with Crippen molar-refractivity contribution in [3.8, 4) is 0 Å². The Balaban J connectivity index is 1.91. The van der Waals surface area contributed by atoms with Crippen LogP contribution in [-0.4, -0.2) is 28.9 Å². The number of piperidine rings is 1. The molecule has 2 bridgehead atoms. The van der Waals surface area contributed by atoms with Gasteiger partial charge in [0.05, 0.1) is 10.0 Å². The molecule has 0 aliphatic carbocycles. The largest absolute Gasteiger partial charge is 0.333 e. The second kappa shape index (κ2) is 4.87. The van der Waals surface area contributed by atoms with Gasteiger partial charge in [-0.05, 0) is 53.7 Å². The van der Waals surface area contributed by atoms with E-state index in [2.05, 4.69) is 15.9 Å². The Morgan fingerprint density at radius 3 is 2.58 bits per heavy atom. The van der Waals surface area contributed by atoms with E-state index in [4.69, 9.17) is 5.73 Å². The fourth-order valence-corrected chi connectivity index (χ4v) is 3.79. The Bertz CT molecular complexity index is 508. The molecule has 19 heavy (non-hydrogen) atoms. The second-order valence-corrected chi connectivity index (χ2v) is 6.22. The van der Waals surface area contributed by atoms with E-state index in [-0.39, 0.29) is 28.5 Å². The van der Waals surface area contributed by atoms with Gasteiger partial charge < -0.3 is 10.6 Å². The molecule has 1 amide bonds. The summed E-state index contributed by atoms with van der Waals surface area (Å²) in [5.41, 5.74) is 6.41. The molecule has 0 spiro atoms.